The second kappa shape index (κ2) is 5.84. The number of carbonyl (C=O) groups is 2. The maximum atomic E-state index is 12.5. The number of ether oxygens (including phenoxy) is 2. The van der Waals surface area contributed by atoms with E-state index in [9.17, 15) is 9.59 Å². The Hall–Kier alpha value is -2.28. The van der Waals surface area contributed by atoms with Crippen molar-refractivity contribution in [1.82, 2.24) is 9.80 Å². The van der Waals surface area contributed by atoms with E-state index in [0.29, 0.717) is 43.2 Å². The number of amides is 2. The number of carbonyl (C=O) groups excluding carboxylic acids is 2. The van der Waals surface area contributed by atoms with Crippen LogP contribution >= 0.6 is 0 Å². The van der Waals surface area contributed by atoms with Gasteiger partial charge in [-0.15, -0.1) is 0 Å². The summed E-state index contributed by atoms with van der Waals surface area (Å²) >= 11 is 0. The van der Waals surface area contributed by atoms with Crippen molar-refractivity contribution >= 4 is 11.8 Å². The Morgan fingerprint density at radius 2 is 1.73 bits per heavy atom. The van der Waals surface area contributed by atoms with Crippen molar-refractivity contribution in [3.05, 3.63) is 23.8 Å². The molecule has 2 heterocycles. The van der Waals surface area contributed by atoms with E-state index in [1.165, 1.54) is 0 Å². The molecule has 0 unspecified atom stereocenters. The maximum Gasteiger partial charge on any atom is 0.254 e. The first-order valence-corrected chi connectivity index (χ1v) is 7.29. The van der Waals surface area contributed by atoms with E-state index in [1.807, 2.05) is 0 Å². The summed E-state index contributed by atoms with van der Waals surface area (Å²) in [5.41, 5.74) is 6.17. The van der Waals surface area contributed by atoms with Crippen LogP contribution < -0.4 is 15.2 Å². The van der Waals surface area contributed by atoms with Gasteiger partial charge in [0.1, 0.15) is 0 Å². The lowest BCUT2D eigenvalue weighted by molar-refractivity contribution is -0.133. The van der Waals surface area contributed by atoms with Gasteiger partial charge in [-0.05, 0) is 25.1 Å². The fourth-order valence-electron chi connectivity index (χ4n) is 2.63. The van der Waals surface area contributed by atoms with Gasteiger partial charge in [0.15, 0.2) is 11.5 Å². The van der Waals surface area contributed by atoms with Crippen LogP contribution in [0.15, 0.2) is 18.2 Å². The summed E-state index contributed by atoms with van der Waals surface area (Å²) in [7, 11) is 0. The van der Waals surface area contributed by atoms with Crippen LogP contribution in [0.3, 0.4) is 0 Å². The third-order valence-electron chi connectivity index (χ3n) is 3.89. The van der Waals surface area contributed by atoms with Crippen molar-refractivity contribution in [3.63, 3.8) is 0 Å². The lowest BCUT2D eigenvalue weighted by Crippen LogP contribution is -2.53. The zero-order chi connectivity index (χ0) is 15.7. The highest BCUT2D eigenvalue weighted by Gasteiger charge is 2.27. The van der Waals surface area contributed by atoms with E-state index in [-0.39, 0.29) is 18.6 Å². The molecule has 1 saturated heterocycles. The van der Waals surface area contributed by atoms with Gasteiger partial charge in [-0.25, -0.2) is 0 Å². The fraction of sp³-hybridized carbons (Fsp3) is 0.467. The molecule has 0 saturated carbocycles. The Kier molecular flexibility index (Phi) is 3.89. The molecule has 7 nitrogen and oxygen atoms in total. The average Bonchev–Trinajstić information content (AvgIpc) is 3.01. The Morgan fingerprint density at radius 3 is 2.41 bits per heavy atom. The zero-order valence-corrected chi connectivity index (χ0v) is 12.4. The van der Waals surface area contributed by atoms with E-state index in [2.05, 4.69) is 0 Å². The summed E-state index contributed by atoms with van der Waals surface area (Å²) < 4.78 is 10.5. The summed E-state index contributed by atoms with van der Waals surface area (Å²) in [4.78, 5) is 27.8. The largest absolute Gasteiger partial charge is 0.454 e. The Labute approximate surface area is 128 Å². The Balaban J connectivity index is 1.64. The van der Waals surface area contributed by atoms with E-state index in [1.54, 1.807) is 34.9 Å². The molecular formula is C15H19N3O4. The van der Waals surface area contributed by atoms with Gasteiger partial charge in [0.2, 0.25) is 12.7 Å². The highest BCUT2D eigenvalue weighted by atomic mass is 16.7. The molecular weight excluding hydrogens is 286 g/mol. The SMILES string of the molecule is C[C@H](N)C(=O)N1CCN(C(=O)c2ccc3c(c2)OCO3)CC1. The van der Waals surface area contributed by atoms with E-state index in [4.69, 9.17) is 15.2 Å². The fourth-order valence-corrected chi connectivity index (χ4v) is 2.63. The van der Waals surface area contributed by atoms with E-state index < -0.39 is 6.04 Å². The van der Waals surface area contributed by atoms with Gasteiger partial charge in [0, 0.05) is 31.7 Å². The topological polar surface area (TPSA) is 85.1 Å². The molecule has 1 aromatic rings. The van der Waals surface area contributed by atoms with Crippen LogP contribution in [0.1, 0.15) is 17.3 Å². The molecule has 3 rings (SSSR count). The number of benzene rings is 1. The lowest BCUT2D eigenvalue weighted by Gasteiger charge is -2.35. The Bertz CT molecular complexity index is 594. The number of hydrogen-bond donors (Lipinski definition) is 1. The van der Waals surface area contributed by atoms with Gasteiger partial charge >= 0.3 is 0 Å². The molecule has 2 aliphatic rings. The van der Waals surface area contributed by atoms with Gasteiger partial charge in [-0.1, -0.05) is 0 Å². The second-order valence-corrected chi connectivity index (χ2v) is 5.47. The van der Waals surface area contributed by atoms with Crippen LogP contribution in [0.25, 0.3) is 0 Å². The highest BCUT2D eigenvalue weighted by Crippen LogP contribution is 2.32. The molecule has 0 bridgehead atoms. The zero-order valence-electron chi connectivity index (χ0n) is 12.4. The number of fused-ring (bicyclic) bond motifs is 1. The first-order chi connectivity index (χ1) is 10.6. The van der Waals surface area contributed by atoms with Crippen molar-refractivity contribution in [2.24, 2.45) is 5.73 Å². The molecule has 0 aliphatic carbocycles. The molecule has 7 heteroatoms. The van der Waals surface area contributed by atoms with Crippen LogP contribution in [0.2, 0.25) is 0 Å². The summed E-state index contributed by atoms with van der Waals surface area (Å²) in [6.45, 7) is 3.89. The molecule has 118 valence electrons. The lowest BCUT2D eigenvalue weighted by atomic mass is 10.1. The second-order valence-electron chi connectivity index (χ2n) is 5.47. The summed E-state index contributed by atoms with van der Waals surface area (Å²) in [6, 6.07) is 4.67. The summed E-state index contributed by atoms with van der Waals surface area (Å²) in [5.74, 6) is 1.11. The van der Waals surface area contributed by atoms with E-state index >= 15 is 0 Å². The third-order valence-corrected chi connectivity index (χ3v) is 3.89. The van der Waals surface area contributed by atoms with E-state index in [0.717, 1.165) is 0 Å². The predicted octanol–water partition coefficient (Wildman–Crippen LogP) is 0.0469. The first-order valence-electron chi connectivity index (χ1n) is 7.29. The molecule has 0 aromatic heterocycles. The van der Waals surface area contributed by atoms with Gasteiger partial charge < -0.3 is 25.0 Å². The van der Waals surface area contributed by atoms with Crippen LogP contribution in [0.5, 0.6) is 11.5 Å². The molecule has 2 amide bonds. The molecule has 0 radical (unpaired) electrons. The minimum Gasteiger partial charge on any atom is -0.454 e. The molecule has 0 spiro atoms. The number of nitrogens with two attached hydrogens (primary N) is 1. The summed E-state index contributed by atoms with van der Waals surface area (Å²) in [6.07, 6.45) is 0. The number of nitrogens with zero attached hydrogens (tertiary/aromatic N) is 2. The van der Waals surface area contributed by atoms with Gasteiger partial charge in [0.25, 0.3) is 5.91 Å². The summed E-state index contributed by atoms with van der Waals surface area (Å²) in [5, 5.41) is 0. The predicted molar refractivity (Wildman–Crippen MR) is 78.7 cm³/mol. The quantitative estimate of drug-likeness (QED) is 0.834. The molecule has 1 atom stereocenters. The van der Waals surface area contributed by atoms with Crippen molar-refractivity contribution in [2.75, 3.05) is 33.0 Å². The van der Waals surface area contributed by atoms with Crippen molar-refractivity contribution < 1.29 is 19.1 Å². The van der Waals surface area contributed by atoms with Crippen molar-refractivity contribution in [3.8, 4) is 11.5 Å². The molecule has 1 aromatic carbocycles. The van der Waals surface area contributed by atoms with Crippen molar-refractivity contribution in [1.29, 1.82) is 0 Å². The minimum atomic E-state index is -0.504. The van der Waals surface area contributed by atoms with Crippen LogP contribution in [-0.2, 0) is 4.79 Å². The normalized spacial score (nSPS) is 18.3. The monoisotopic (exact) mass is 305 g/mol. The average molecular weight is 305 g/mol. The number of piperazine rings is 1. The van der Waals surface area contributed by atoms with Gasteiger partial charge in [-0.3, -0.25) is 9.59 Å². The molecule has 1 fully saturated rings. The first kappa shape index (κ1) is 14.6. The van der Waals surface area contributed by atoms with Gasteiger partial charge in [0.05, 0.1) is 6.04 Å². The minimum absolute atomic E-state index is 0.0637. The number of hydrogen-bond acceptors (Lipinski definition) is 5. The Morgan fingerprint density at radius 1 is 1.09 bits per heavy atom. The van der Waals surface area contributed by atoms with Crippen LogP contribution in [-0.4, -0.2) is 60.6 Å². The van der Waals surface area contributed by atoms with Gasteiger partial charge in [-0.2, -0.15) is 0 Å². The standard InChI is InChI=1S/C15H19N3O4/c1-10(16)14(19)17-4-6-18(7-5-17)15(20)11-2-3-12-13(8-11)22-9-21-12/h2-3,8,10H,4-7,9,16H2,1H3/t10-/m0/s1. The maximum absolute atomic E-state index is 12.5. The number of rotatable bonds is 2. The van der Waals surface area contributed by atoms with Crippen LogP contribution in [0.4, 0.5) is 0 Å². The smallest absolute Gasteiger partial charge is 0.254 e. The third kappa shape index (κ3) is 2.71. The highest BCUT2D eigenvalue weighted by molar-refractivity contribution is 5.95. The molecule has 22 heavy (non-hydrogen) atoms. The molecule has 2 N–H and O–H groups in total. The van der Waals surface area contributed by atoms with Crippen LogP contribution in [0, 0.1) is 0 Å². The van der Waals surface area contributed by atoms with Crippen molar-refractivity contribution in [2.45, 2.75) is 13.0 Å². The molecule has 2 aliphatic heterocycles.